The zero-order chi connectivity index (χ0) is 19.6. The van der Waals surface area contributed by atoms with Crippen LogP contribution in [0.5, 0.6) is 0 Å². The SMILES string of the molecule is CN=C(NCCc1ccncc1C)NCC(c1ccccc1)c1ccccc1. The van der Waals surface area contributed by atoms with E-state index in [0.717, 1.165) is 25.5 Å². The number of rotatable bonds is 7. The van der Waals surface area contributed by atoms with Gasteiger partial charge in [-0.05, 0) is 41.7 Å². The van der Waals surface area contributed by atoms with Gasteiger partial charge in [-0.25, -0.2) is 0 Å². The summed E-state index contributed by atoms with van der Waals surface area (Å²) in [6.07, 6.45) is 4.70. The second-order valence-corrected chi connectivity index (χ2v) is 6.81. The quantitative estimate of drug-likeness (QED) is 0.488. The topological polar surface area (TPSA) is 49.3 Å². The largest absolute Gasteiger partial charge is 0.356 e. The number of nitrogens with zero attached hydrogens (tertiary/aromatic N) is 2. The van der Waals surface area contributed by atoms with Crippen LogP contribution in [0.2, 0.25) is 0 Å². The van der Waals surface area contributed by atoms with Crippen molar-refractivity contribution in [1.82, 2.24) is 15.6 Å². The maximum Gasteiger partial charge on any atom is 0.191 e. The number of nitrogens with one attached hydrogen (secondary N) is 2. The van der Waals surface area contributed by atoms with Gasteiger partial charge in [-0.2, -0.15) is 0 Å². The maximum absolute atomic E-state index is 4.38. The number of aryl methyl sites for hydroxylation is 1. The summed E-state index contributed by atoms with van der Waals surface area (Å²) in [5, 5.41) is 6.92. The highest BCUT2D eigenvalue weighted by Crippen LogP contribution is 2.23. The van der Waals surface area contributed by atoms with Crippen molar-refractivity contribution in [2.75, 3.05) is 20.1 Å². The minimum Gasteiger partial charge on any atom is -0.356 e. The Bertz CT molecular complexity index is 836. The first-order chi connectivity index (χ1) is 13.8. The number of hydrogen-bond donors (Lipinski definition) is 2. The molecule has 4 nitrogen and oxygen atoms in total. The molecule has 0 unspecified atom stereocenters. The third-order valence-corrected chi connectivity index (χ3v) is 4.92. The van der Waals surface area contributed by atoms with Gasteiger partial charge < -0.3 is 10.6 Å². The van der Waals surface area contributed by atoms with Crippen LogP contribution in [0, 0.1) is 6.92 Å². The van der Waals surface area contributed by atoms with Crippen molar-refractivity contribution in [3.63, 3.8) is 0 Å². The molecule has 2 aromatic carbocycles. The Morgan fingerprint density at radius 2 is 1.57 bits per heavy atom. The molecular weight excluding hydrogens is 344 g/mol. The summed E-state index contributed by atoms with van der Waals surface area (Å²) in [6, 6.07) is 23.3. The fourth-order valence-electron chi connectivity index (χ4n) is 3.32. The molecule has 0 spiro atoms. The first kappa shape index (κ1) is 19.6. The molecule has 0 bridgehead atoms. The molecule has 28 heavy (non-hydrogen) atoms. The van der Waals surface area contributed by atoms with Gasteiger partial charge in [0, 0.05) is 38.4 Å². The van der Waals surface area contributed by atoms with Crippen LogP contribution < -0.4 is 10.6 Å². The first-order valence-electron chi connectivity index (χ1n) is 9.72. The molecule has 3 rings (SSSR count). The van der Waals surface area contributed by atoms with Gasteiger partial charge in [-0.3, -0.25) is 9.98 Å². The molecule has 3 aromatic rings. The van der Waals surface area contributed by atoms with E-state index in [1.54, 1.807) is 0 Å². The van der Waals surface area contributed by atoms with Crippen molar-refractivity contribution >= 4 is 5.96 Å². The second kappa shape index (κ2) is 10.3. The lowest BCUT2D eigenvalue weighted by molar-refractivity contribution is 0.725. The van der Waals surface area contributed by atoms with Crippen LogP contribution in [0.4, 0.5) is 0 Å². The molecule has 0 saturated carbocycles. The normalized spacial score (nSPS) is 11.5. The molecule has 1 aromatic heterocycles. The molecule has 0 aliphatic heterocycles. The van der Waals surface area contributed by atoms with Crippen LogP contribution in [-0.4, -0.2) is 31.1 Å². The van der Waals surface area contributed by atoms with Gasteiger partial charge in [-0.1, -0.05) is 60.7 Å². The summed E-state index contributed by atoms with van der Waals surface area (Å²) in [5.74, 6) is 1.09. The van der Waals surface area contributed by atoms with E-state index in [2.05, 4.69) is 94.3 Å². The summed E-state index contributed by atoms with van der Waals surface area (Å²) < 4.78 is 0. The molecular formula is C24H28N4. The van der Waals surface area contributed by atoms with Crippen LogP contribution in [-0.2, 0) is 6.42 Å². The predicted molar refractivity (Wildman–Crippen MR) is 117 cm³/mol. The lowest BCUT2D eigenvalue weighted by Gasteiger charge is -2.20. The number of benzene rings is 2. The van der Waals surface area contributed by atoms with Crippen LogP contribution in [0.3, 0.4) is 0 Å². The van der Waals surface area contributed by atoms with E-state index >= 15 is 0 Å². The summed E-state index contributed by atoms with van der Waals surface area (Å²) in [7, 11) is 1.81. The van der Waals surface area contributed by atoms with Crippen LogP contribution in [0.1, 0.15) is 28.2 Å². The molecule has 0 amide bonds. The Hall–Kier alpha value is -3.14. The van der Waals surface area contributed by atoms with E-state index in [0.29, 0.717) is 0 Å². The molecule has 0 atom stereocenters. The summed E-state index contributed by atoms with van der Waals surface area (Å²) >= 11 is 0. The third kappa shape index (κ3) is 5.43. The lowest BCUT2D eigenvalue weighted by Crippen LogP contribution is -2.40. The van der Waals surface area contributed by atoms with Crippen molar-refractivity contribution in [2.45, 2.75) is 19.3 Å². The summed E-state index contributed by atoms with van der Waals surface area (Å²) in [6.45, 7) is 3.70. The van der Waals surface area contributed by atoms with E-state index in [9.17, 15) is 0 Å². The molecule has 0 saturated heterocycles. The number of pyridine rings is 1. The van der Waals surface area contributed by atoms with E-state index < -0.39 is 0 Å². The summed E-state index contributed by atoms with van der Waals surface area (Å²) in [5.41, 5.74) is 5.12. The van der Waals surface area contributed by atoms with Crippen molar-refractivity contribution in [3.8, 4) is 0 Å². The van der Waals surface area contributed by atoms with Gasteiger partial charge in [0.1, 0.15) is 0 Å². The van der Waals surface area contributed by atoms with Gasteiger partial charge in [0.05, 0.1) is 0 Å². The van der Waals surface area contributed by atoms with Gasteiger partial charge in [0.15, 0.2) is 5.96 Å². The zero-order valence-electron chi connectivity index (χ0n) is 16.6. The number of guanidine groups is 1. The smallest absolute Gasteiger partial charge is 0.191 e. The van der Waals surface area contributed by atoms with E-state index in [4.69, 9.17) is 0 Å². The highest BCUT2D eigenvalue weighted by molar-refractivity contribution is 5.79. The maximum atomic E-state index is 4.38. The van der Waals surface area contributed by atoms with Crippen molar-refractivity contribution in [3.05, 3.63) is 101 Å². The number of aromatic nitrogens is 1. The Labute approximate surface area is 167 Å². The third-order valence-electron chi connectivity index (χ3n) is 4.92. The van der Waals surface area contributed by atoms with Gasteiger partial charge >= 0.3 is 0 Å². The fourth-order valence-corrected chi connectivity index (χ4v) is 3.32. The van der Waals surface area contributed by atoms with E-state index in [1.807, 2.05) is 19.4 Å². The standard InChI is InChI=1S/C24H28N4/c1-19-17-26-15-13-20(19)14-16-27-24(25-2)28-18-23(21-9-5-3-6-10-21)22-11-7-4-8-12-22/h3-13,15,17,23H,14,16,18H2,1-2H3,(H2,25,27,28). The lowest BCUT2D eigenvalue weighted by atomic mass is 9.91. The van der Waals surface area contributed by atoms with Gasteiger partial charge in [-0.15, -0.1) is 0 Å². The van der Waals surface area contributed by atoms with Crippen LogP contribution >= 0.6 is 0 Å². The minimum atomic E-state index is 0.267. The molecule has 4 heteroatoms. The Balaban J connectivity index is 1.61. The first-order valence-corrected chi connectivity index (χ1v) is 9.72. The van der Waals surface area contributed by atoms with E-state index in [1.165, 1.54) is 22.3 Å². The fraction of sp³-hybridized carbons (Fsp3) is 0.250. The molecule has 144 valence electrons. The molecule has 0 aliphatic rings. The second-order valence-electron chi connectivity index (χ2n) is 6.81. The Morgan fingerprint density at radius 3 is 2.14 bits per heavy atom. The Morgan fingerprint density at radius 1 is 0.929 bits per heavy atom. The average Bonchev–Trinajstić information content (AvgIpc) is 2.75. The van der Waals surface area contributed by atoms with Crippen molar-refractivity contribution in [2.24, 2.45) is 4.99 Å². The zero-order valence-corrected chi connectivity index (χ0v) is 16.6. The van der Waals surface area contributed by atoms with Crippen molar-refractivity contribution < 1.29 is 0 Å². The van der Waals surface area contributed by atoms with Crippen molar-refractivity contribution in [1.29, 1.82) is 0 Å². The number of aliphatic imine (C=N–C) groups is 1. The van der Waals surface area contributed by atoms with Gasteiger partial charge in [0.25, 0.3) is 0 Å². The predicted octanol–water partition coefficient (Wildman–Crippen LogP) is 3.93. The minimum absolute atomic E-state index is 0.267. The average molecular weight is 373 g/mol. The highest BCUT2D eigenvalue weighted by Gasteiger charge is 2.14. The number of hydrogen-bond acceptors (Lipinski definition) is 2. The molecule has 2 N–H and O–H groups in total. The van der Waals surface area contributed by atoms with Gasteiger partial charge in [0.2, 0.25) is 0 Å². The monoisotopic (exact) mass is 372 g/mol. The highest BCUT2D eigenvalue weighted by atomic mass is 15.2. The molecule has 0 radical (unpaired) electrons. The summed E-state index contributed by atoms with van der Waals surface area (Å²) in [4.78, 5) is 8.54. The molecule has 0 aliphatic carbocycles. The van der Waals surface area contributed by atoms with Crippen LogP contribution in [0.25, 0.3) is 0 Å². The Kier molecular flexibility index (Phi) is 7.19. The molecule has 0 fully saturated rings. The van der Waals surface area contributed by atoms with Crippen LogP contribution in [0.15, 0.2) is 84.1 Å². The van der Waals surface area contributed by atoms with E-state index in [-0.39, 0.29) is 5.92 Å². The molecule has 1 heterocycles.